The lowest BCUT2D eigenvalue weighted by atomic mass is 9.99. The van der Waals surface area contributed by atoms with E-state index in [9.17, 15) is 17.2 Å². The summed E-state index contributed by atoms with van der Waals surface area (Å²) < 4.78 is 56.8. The molecular formula is C21H22F2N4O2S. The SMILES string of the molecule is O=S(=O)(c1ccc(F)cc1F)N1CCCC(Cn2c(C3CC3)nc3cccnc32)C1. The van der Waals surface area contributed by atoms with Gasteiger partial charge in [-0.1, -0.05) is 0 Å². The van der Waals surface area contributed by atoms with Gasteiger partial charge in [0.2, 0.25) is 10.0 Å². The van der Waals surface area contributed by atoms with E-state index in [1.165, 1.54) is 4.31 Å². The lowest BCUT2D eigenvalue weighted by molar-refractivity contribution is 0.244. The lowest BCUT2D eigenvalue weighted by Gasteiger charge is -2.32. The summed E-state index contributed by atoms with van der Waals surface area (Å²) in [7, 11) is -4.03. The van der Waals surface area contributed by atoms with Gasteiger partial charge in [-0.05, 0) is 55.9 Å². The smallest absolute Gasteiger partial charge is 0.245 e. The largest absolute Gasteiger partial charge is 0.312 e. The minimum Gasteiger partial charge on any atom is -0.312 e. The molecular weight excluding hydrogens is 410 g/mol. The van der Waals surface area contributed by atoms with E-state index < -0.39 is 26.6 Å². The number of imidazole rings is 1. The highest BCUT2D eigenvalue weighted by Crippen LogP contribution is 2.41. The molecule has 1 saturated carbocycles. The van der Waals surface area contributed by atoms with Crippen LogP contribution in [-0.2, 0) is 16.6 Å². The molecule has 1 unspecified atom stereocenters. The molecule has 1 aromatic carbocycles. The van der Waals surface area contributed by atoms with Crippen LogP contribution in [0.15, 0.2) is 41.4 Å². The summed E-state index contributed by atoms with van der Waals surface area (Å²) in [4.78, 5) is 8.78. The van der Waals surface area contributed by atoms with Gasteiger partial charge in [0.1, 0.15) is 27.9 Å². The van der Waals surface area contributed by atoms with Crippen LogP contribution in [0.1, 0.15) is 37.4 Å². The molecule has 2 aliphatic rings. The highest BCUT2D eigenvalue weighted by Gasteiger charge is 2.34. The predicted molar refractivity (Wildman–Crippen MR) is 107 cm³/mol. The van der Waals surface area contributed by atoms with Crippen LogP contribution in [0, 0.1) is 17.6 Å². The van der Waals surface area contributed by atoms with Crippen LogP contribution in [0.25, 0.3) is 11.2 Å². The van der Waals surface area contributed by atoms with E-state index >= 15 is 0 Å². The van der Waals surface area contributed by atoms with Crippen LogP contribution in [0.4, 0.5) is 8.78 Å². The molecule has 3 aromatic rings. The summed E-state index contributed by atoms with van der Waals surface area (Å²) in [5.74, 6) is -0.328. The maximum atomic E-state index is 14.2. The maximum Gasteiger partial charge on any atom is 0.245 e. The minimum atomic E-state index is -4.03. The first kappa shape index (κ1) is 19.6. The summed E-state index contributed by atoms with van der Waals surface area (Å²) in [5, 5.41) is 0. The zero-order valence-electron chi connectivity index (χ0n) is 16.3. The lowest BCUT2D eigenvalue weighted by Crippen LogP contribution is -2.41. The Labute approximate surface area is 173 Å². The summed E-state index contributed by atoms with van der Waals surface area (Å²) in [6.07, 6.45) is 5.52. The van der Waals surface area contributed by atoms with Crippen LogP contribution in [0.2, 0.25) is 0 Å². The third kappa shape index (κ3) is 3.50. The molecule has 1 saturated heterocycles. The number of aromatic nitrogens is 3. The fourth-order valence-corrected chi connectivity index (χ4v) is 5.89. The van der Waals surface area contributed by atoms with E-state index in [1.807, 2.05) is 12.1 Å². The van der Waals surface area contributed by atoms with Crippen molar-refractivity contribution < 1.29 is 17.2 Å². The number of piperidine rings is 1. The predicted octanol–water partition coefficient (Wildman–Crippen LogP) is 3.69. The molecule has 1 aliphatic heterocycles. The third-order valence-corrected chi connectivity index (χ3v) is 7.81. The Hall–Kier alpha value is -2.39. The second kappa shape index (κ2) is 7.39. The van der Waals surface area contributed by atoms with Crippen molar-refractivity contribution in [1.82, 2.24) is 18.8 Å². The van der Waals surface area contributed by atoms with Crippen molar-refractivity contribution >= 4 is 21.2 Å². The van der Waals surface area contributed by atoms with Crippen LogP contribution in [0.3, 0.4) is 0 Å². The summed E-state index contributed by atoms with van der Waals surface area (Å²) in [6.45, 7) is 1.24. The number of halogens is 2. The zero-order valence-corrected chi connectivity index (χ0v) is 17.2. The van der Waals surface area contributed by atoms with E-state index in [0.717, 1.165) is 48.4 Å². The first-order valence-electron chi connectivity index (χ1n) is 10.2. The summed E-state index contributed by atoms with van der Waals surface area (Å²) >= 11 is 0. The molecule has 30 heavy (non-hydrogen) atoms. The molecule has 0 N–H and O–H groups in total. The molecule has 158 valence electrons. The van der Waals surface area contributed by atoms with Crippen LogP contribution in [-0.4, -0.2) is 40.3 Å². The second-order valence-corrected chi connectivity index (χ2v) is 10.1. The van der Waals surface area contributed by atoms with Gasteiger partial charge in [0.15, 0.2) is 5.65 Å². The quantitative estimate of drug-likeness (QED) is 0.617. The number of nitrogens with zero attached hydrogens (tertiary/aromatic N) is 4. The highest BCUT2D eigenvalue weighted by molar-refractivity contribution is 7.89. The fourth-order valence-electron chi connectivity index (χ4n) is 4.29. The van der Waals surface area contributed by atoms with Crippen molar-refractivity contribution in [2.45, 2.75) is 43.0 Å². The van der Waals surface area contributed by atoms with E-state index in [2.05, 4.69) is 9.55 Å². The van der Waals surface area contributed by atoms with Crippen molar-refractivity contribution in [3.63, 3.8) is 0 Å². The number of pyridine rings is 1. The zero-order chi connectivity index (χ0) is 20.9. The van der Waals surface area contributed by atoms with Crippen molar-refractivity contribution in [2.24, 2.45) is 5.92 Å². The molecule has 0 radical (unpaired) electrons. The van der Waals surface area contributed by atoms with Gasteiger partial charge >= 0.3 is 0 Å². The third-order valence-electron chi connectivity index (χ3n) is 5.91. The van der Waals surface area contributed by atoms with Crippen molar-refractivity contribution in [1.29, 1.82) is 0 Å². The standard InChI is InChI=1S/C21H22F2N4O2S/c22-16-7-8-19(17(23)11-16)30(28,29)26-10-2-3-14(12-26)13-27-20(15-5-6-15)25-18-4-1-9-24-21(18)27/h1,4,7-9,11,14-15H,2-3,5-6,10,12-13H2. The van der Waals surface area contributed by atoms with Gasteiger partial charge in [-0.25, -0.2) is 27.2 Å². The summed E-state index contributed by atoms with van der Waals surface area (Å²) in [6, 6.07) is 6.40. The highest BCUT2D eigenvalue weighted by atomic mass is 32.2. The van der Waals surface area contributed by atoms with Crippen LogP contribution < -0.4 is 0 Å². The van der Waals surface area contributed by atoms with E-state index in [4.69, 9.17) is 4.98 Å². The van der Waals surface area contributed by atoms with Gasteiger partial charge in [0, 0.05) is 37.8 Å². The Morgan fingerprint density at radius 1 is 1.13 bits per heavy atom. The van der Waals surface area contributed by atoms with Crippen LogP contribution in [0.5, 0.6) is 0 Å². The number of hydrogen-bond acceptors (Lipinski definition) is 4. The first-order valence-corrected chi connectivity index (χ1v) is 11.6. The van der Waals surface area contributed by atoms with E-state index in [1.54, 1.807) is 6.20 Å². The van der Waals surface area contributed by atoms with Gasteiger partial charge in [-0.2, -0.15) is 4.31 Å². The Kier molecular flexibility index (Phi) is 4.82. The van der Waals surface area contributed by atoms with Crippen molar-refractivity contribution in [3.05, 3.63) is 54.0 Å². The molecule has 1 atom stereocenters. The number of benzene rings is 1. The maximum absolute atomic E-state index is 14.2. The molecule has 1 aliphatic carbocycles. The van der Waals surface area contributed by atoms with Gasteiger partial charge in [0.25, 0.3) is 0 Å². The van der Waals surface area contributed by atoms with Gasteiger partial charge in [-0.3, -0.25) is 0 Å². The summed E-state index contributed by atoms with van der Waals surface area (Å²) in [5.41, 5.74) is 1.68. The fraction of sp³-hybridized carbons (Fsp3) is 0.429. The molecule has 6 nitrogen and oxygen atoms in total. The monoisotopic (exact) mass is 432 g/mol. The van der Waals surface area contributed by atoms with E-state index in [0.29, 0.717) is 31.5 Å². The normalized spacial score (nSPS) is 20.7. The molecule has 2 aromatic heterocycles. The first-order chi connectivity index (χ1) is 14.4. The molecule has 0 bridgehead atoms. The van der Waals surface area contributed by atoms with Gasteiger partial charge < -0.3 is 4.57 Å². The minimum absolute atomic E-state index is 0.0638. The Morgan fingerprint density at radius 2 is 1.97 bits per heavy atom. The van der Waals surface area contributed by atoms with Gasteiger partial charge in [-0.15, -0.1) is 0 Å². The van der Waals surface area contributed by atoms with Crippen molar-refractivity contribution in [3.8, 4) is 0 Å². The van der Waals surface area contributed by atoms with E-state index in [-0.39, 0.29) is 12.5 Å². The number of hydrogen-bond donors (Lipinski definition) is 0. The molecule has 9 heteroatoms. The molecule has 0 spiro atoms. The number of rotatable bonds is 5. The average molecular weight is 432 g/mol. The average Bonchev–Trinajstić information content (AvgIpc) is 3.51. The Morgan fingerprint density at radius 3 is 2.73 bits per heavy atom. The Bertz CT molecular complexity index is 1210. The Balaban J connectivity index is 1.41. The number of sulfonamides is 1. The molecule has 5 rings (SSSR count). The molecule has 2 fully saturated rings. The molecule has 3 heterocycles. The second-order valence-electron chi connectivity index (χ2n) is 8.15. The van der Waals surface area contributed by atoms with Gasteiger partial charge in [0.05, 0.1) is 0 Å². The van der Waals surface area contributed by atoms with Crippen LogP contribution >= 0.6 is 0 Å². The number of fused-ring (bicyclic) bond motifs is 1. The van der Waals surface area contributed by atoms with Crippen molar-refractivity contribution in [2.75, 3.05) is 13.1 Å². The molecule has 0 amide bonds. The topological polar surface area (TPSA) is 68.1 Å².